The minimum absolute atomic E-state index is 0.0993. The number of thiophene rings is 1. The van der Waals surface area contributed by atoms with Gasteiger partial charge in [0.05, 0.1) is 31.0 Å². The van der Waals surface area contributed by atoms with Gasteiger partial charge in [-0.05, 0) is 67.5 Å². The lowest BCUT2D eigenvalue weighted by molar-refractivity contribution is 0.0753. The Balaban J connectivity index is 1.34. The average molecular weight is 745 g/mol. The van der Waals surface area contributed by atoms with Gasteiger partial charge in [-0.1, -0.05) is 73.2 Å². The Labute approximate surface area is 306 Å². The van der Waals surface area contributed by atoms with Crippen LogP contribution < -0.4 is 9.86 Å². The molecule has 0 radical (unpaired) electrons. The monoisotopic (exact) mass is 744 g/mol. The van der Waals surface area contributed by atoms with Crippen molar-refractivity contribution in [3.05, 3.63) is 117 Å². The molecule has 0 amide bonds. The second-order valence-corrected chi connectivity index (χ2v) is 16.0. The molecule has 0 aliphatic heterocycles. The molecule has 13 heteroatoms. The van der Waals surface area contributed by atoms with Crippen LogP contribution >= 0.6 is 23.1 Å². The molecule has 0 atom stereocenters. The summed E-state index contributed by atoms with van der Waals surface area (Å²) in [5.41, 5.74) is 5.45. The molecule has 4 heterocycles. The van der Waals surface area contributed by atoms with Gasteiger partial charge in [-0.25, -0.2) is 12.7 Å². The van der Waals surface area contributed by atoms with Crippen molar-refractivity contribution < 1.29 is 22.4 Å². The third-order valence-electron chi connectivity index (χ3n) is 8.62. The first-order valence-electron chi connectivity index (χ1n) is 16.6. The van der Waals surface area contributed by atoms with Gasteiger partial charge in [-0.3, -0.25) is 9.78 Å². The highest BCUT2D eigenvalue weighted by molar-refractivity contribution is 7.99. The summed E-state index contributed by atoms with van der Waals surface area (Å²) < 4.78 is 47.6. The van der Waals surface area contributed by atoms with Crippen LogP contribution in [0.5, 0.6) is 0 Å². The Kier molecular flexibility index (Phi) is 11.4. The van der Waals surface area contributed by atoms with Crippen LogP contribution in [0.4, 0.5) is 5.82 Å². The quantitative estimate of drug-likeness (QED) is 0.0765. The summed E-state index contributed by atoms with van der Waals surface area (Å²) in [5.74, 6) is 0.701. The lowest BCUT2D eigenvalue weighted by Gasteiger charge is -2.22. The first-order chi connectivity index (χ1) is 24.7. The van der Waals surface area contributed by atoms with Crippen molar-refractivity contribution in [3.8, 4) is 11.1 Å². The van der Waals surface area contributed by atoms with E-state index in [1.807, 2.05) is 65.2 Å². The molecule has 0 bridgehead atoms. The van der Waals surface area contributed by atoms with E-state index in [1.54, 1.807) is 50.2 Å². The Morgan fingerprint density at radius 1 is 0.980 bits per heavy atom. The van der Waals surface area contributed by atoms with E-state index in [0.717, 1.165) is 71.7 Å². The van der Waals surface area contributed by atoms with Gasteiger partial charge in [0.15, 0.2) is 5.82 Å². The van der Waals surface area contributed by atoms with Crippen molar-refractivity contribution in [2.45, 2.75) is 61.1 Å². The van der Waals surface area contributed by atoms with Crippen LogP contribution in [-0.2, 0) is 38.9 Å². The minimum atomic E-state index is -4.10. The van der Waals surface area contributed by atoms with Crippen LogP contribution in [0.2, 0.25) is 0 Å². The van der Waals surface area contributed by atoms with Gasteiger partial charge in [0.2, 0.25) is 0 Å². The zero-order valence-corrected chi connectivity index (χ0v) is 31.7. The molecule has 0 saturated heterocycles. The molecule has 0 N–H and O–H groups in total. The fourth-order valence-electron chi connectivity index (χ4n) is 5.75. The van der Waals surface area contributed by atoms with Gasteiger partial charge in [-0.2, -0.15) is 0 Å². The van der Waals surface area contributed by atoms with Crippen LogP contribution in [-0.4, -0.2) is 50.2 Å². The molecule has 10 nitrogen and oxygen atoms in total. The molecule has 0 unspecified atom stereocenters. The summed E-state index contributed by atoms with van der Waals surface area (Å²) in [7, 11) is -2.55. The van der Waals surface area contributed by atoms with E-state index in [1.165, 1.54) is 0 Å². The molecule has 4 aromatic heterocycles. The summed E-state index contributed by atoms with van der Waals surface area (Å²) >= 11 is 2.70. The molecule has 6 aromatic rings. The maximum atomic E-state index is 14.2. The molecule has 0 aliphatic rings. The van der Waals surface area contributed by atoms with Crippen molar-refractivity contribution >= 4 is 49.8 Å². The van der Waals surface area contributed by atoms with E-state index in [0.29, 0.717) is 30.0 Å². The number of nitrogens with zero attached hydrogens (tertiary/aromatic N) is 4. The minimum Gasteiger partial charge on any atom is -0.382 e. The summed E-state index contributed by atoms with van der Waals surface area (Å²) in [4.78, 5) is 20.7. The largest absolute Gasteiger partial charge is 0.382 e. The number of fused-ring (bicyclic) bond motifs is 1. The number of ether oxygens (including phenoxy) is 2. The second kappa shape index (κ2) is 16.0. The Bertz CT molecular complexity index is 2300. The summed E-state index contributed by atoms with van der Waals surface area (Å²) in [5, 5.41) is 6.80. The number of aryl methyl sites for hydroxylation is 3. The number of hydrogen-bond acceptors (Lipinski definition) is 10. The van der Waals surface area contributed by atoms with E-state index >= 15 is 0 Å². The predicted octanol–water partition coefficient (Wildman–Crippen LogP) is 7.87. The molecule has 2 aromatic carbocycles. The molecule has 0 fully saturated rings. The molecule has 0 saturated carbocycles. The van der Waals surface area contributed by atoms with E-state index in [2.05, 4.69) is 19.0 Å². The van der Waals surface area contributed by atoms with Gasteiger partial charge in [0.25, 0.3) is 15.6 Å². The molecule has 51 heavy (non-hydrogen) atoms. The van der Waals surface area contributed by atoms with Gasteiger partial charge < -0.3 is 18.6 Å². The fourth-order valence-corrected chi connectivity index (χ4v) is 9.62. The first-order valence-corrected chi connectivity index (χ1v) is 19.8. The van der Waals surface area contributed by atoms with Gasteiger partial charge in [0, 0.05) is 45.2 Å². The third kappa shape index (κ3) is 7.68. The van der Waals surface area contributed by atoms with Crippen molar-refractivity contribution in [1.29, 1.82) is 0 Å². The number of aromatic nitrogens is 3. The topological polar surface area (TPSA) is 117 Å². The lowest BCUT2D eigenvalue weighted by Crippen LogP contribution is -2.34. The SMILES string of the molecule is CCc1cc2c(c(Sc3ccccc3)cc(=O)n2Cc2ccc(-c3ccsc3S(=O)(=O)N(COCCOC)c3noc(C)c3C)cc2)c(CC)n1. The number of pyridine rings is 2. The van der Waals surface area contributed by atoms with Crippen molar-refractivity contribution in [2.75, 3.05) is 31.4 Å². The normalized spacial score (nSPS) is 11.8. The van der Waals surface area contributed by atoms with Crippen molar-refractivity contribution in [2.24, 2.45) is 0 Å². The highest BCUT2D eigenvalue weighted by atomic mass is 32.2. The number of hydrogen-bond donors (Lipinski definition) is 0. The van der Waals surface area contributed by atoms with Crippen LogP contribution in [0.1, 0.15) is 42.1 Å². The standard InChI is InChI=1S/C38H40N4O6S3/c1-6-29-21-33-36(32(7-2)39-29)34(50-30-11-9-8-10-12-30)22-35(43)41(33)23-27-13-15-28(16-14-27)31-17-20-49-38(31)51(44,45)42(24-47-19-18-46-5)37-25(3)26(4)48-40-37/h8-17,20-22H,6-7,18-19,23-24H2,1-5H3. The van der Waals surface area contributed by atoms with Gasteiger partial charge >= 0.3 is 0 Å². The molecule has 0 aliphatic carbocycles. The number of sulfonamides is 1. The van der Waals surface area contributed by atoms with E-state index in [9.17, 15) is 13.2 Å². The fraction of sp³-hybridized carbons (Fsp3) is 0.289. The molecule has 6 rings (SSSR count). The number of rotatable bonds is 15. The van der Waals surface area contributed by atoms with Gasteiger partial charge in [-0.15, -0.1) is 11.3 Å². The summed E-state index contributed by atoms with van der Waals surface area (Å²) in [6.07, 6.45) is 1.48. The highest BCUT2D eigenvalue weighted by Gasteiger charge is 2.33. The number of benzene rings is 2. The second-order valence-electron chi connectivity index (χ2n) is 11.9. The van der Waals surface area contributed by atoms with Crippen LogP contribution in [0.25, 0.3) is 22.0 Å². The molecule has 266 valence electrons. The maximum Gasteiger partial charge on any atom is 0.277 e. The van der Waals surface area contributed by atoms with Gasteiger partial charge in [0.1, 0.15) is 16.7 Å². The lowest BCUT2D eigenvalue weighted by atomic mass is 10.1. The molecular formula is C38H40N4O6S3. The van der Waals surface area contributed by atoms with Crippen LogP contribution in [0.15, 0.2) is 101 Å². The van der Waals surface area contributed by atoms with Crippen LogP contribution in [0.3, 0.4) is 0 Å². The Morgan fingerprint density at radius 2 is 1.75 bits per heavy atom. The van der Waals surface area contributed by atoms with Crippen LogP contribution in [0, 0.1) is 13.8 Å². The maximum absolute atomic E-state index is 14.2. The van der Waals surface area contributed by atoms with Crippen molar-refractivity contribution in [1.82, 2.24) is 14.7 Å². The number of anilines is 1. The zero-order valence-electron chi connectivity index (χ0n) is 29.2. The van der Waals surface area contributed by atoms with E-state index in [-0.39, 0.29) is 28.9 Å². The third-order valence-corrected chi connectivity index (χ3v) is 12.8. The zero-order chi connectivity index (χ0) is 36.1. The summed E-state index contributed by atoms with van der Waals surface area (Å²) in [6.45, 7) is 8.27. The average Bonchev–Trinajstić information content (AvgIpc) is 3.77. The smallest absolute Gasteiger partial charge is 0.277 e. The first kappa shape index (κ1) is 36.5. The Hall–Kier alpha value is -4.27. The van der Waals surface area contributed by atoms with E-state index < -0.39 is 10.0 Å². The number of methoxy groups -OCH3 is 1. The summed E-state index contributed by atoms with van der Waals surface area (Å²) in [6, 6.07) is 23.2. The van der Waals surface area contributed by atoms with E-state index in [4.69, 9.17) is 19.0 Å². The molecular weight excluding hydrogens is 705 g/mol. The predicted molar refractivity (Wildman–Crippen MR) is 203 cm³/mol. The molecule has 0 spiro atoms. The highest BCUT2D eigenvalue weighted by Crippen LogP contribution is 2.38. The van der Waals surface area contributed by atoms with Crippen molar-refractivity contribution in [3.63, 3.8) is 0 Å². The Morgan fingerprint density at radius 3 is 2.41 bits per heavy atom.